The highest BCUT2D eigenvalue weighted by molar-refractivity contribution is 9.10. The largest absolute Gasteiger partial charge is 0.416 e. The van der Waals surface area contributed by atoms with Gasteiger partial charge in [-0.1, -0.05) is 17.7 Å². The quantitative estimate of drug-likeness (QED) is 0.758. The standard InChI is InChI=1S/C13H10BrClF3N3/c1-19-10-5-7(13(16,17)18)6-11(21-10)20-9-4-2-3-8(15)12(9)14/h2-6H,1H3,(H2,19,20,21). The van der Waals surface area contributed by atoms with Crippen molar-refractivity contribution in [1.82, 2.24) is 4.98 Å². The number of rotatable bonds is 3. The van der Waals surface area contributed by atoms with Gasteiger partial charge in [0.25, 0.3) is 0 Å². The number of hydrogen-bond acceptors (Lipinski definition) is 3. The first-order chi connectivity index (χ1) is 9.81. The van der Waals surface area contributed by atoms with Crippen molar-refractivity contribution in [2.75, 3.05) is 17.7 Å². The van der Waals surface area contributed by atoms with Crippen molar-refractivity contribution in [3.05, 3.63) is 45.4 Å². The van der Waals surface area contributed by atoms with Crippen LogP contribution in [0.5, 0.6) is 0 Å². The van der Waals surface area contributed by atoms with Crippen LogP contribution in [0, 0.1) is 0 Å². The van der Waals surface area contributed by atoms with Gasteiger partial charge in [-0.3, -0.25) is 0 Å². The average Bonchev–Trinajstić information content (AvgIpc) is 2.42. The molecule has 112 valence electrons. The Morgan fingerprint density at radius 3 is 2.48 bits per heavy atom. The summed E-state index contributed by atoms with van der Waals surface area (Å²) in [6.07, 6.45) is -4.45. The number of anilines is 3. The van der Waals surface area contributed by atoms with E-state index in [1.807, 2.05) is 0 Å². The summed E-state index contributed by atoms with van der Waals surface area (Å²) in [5.74, 6) is 0.183. The van der Waals surface area contributed by atoms with Crippen molar-refractivity contribution in [1.29, 1.82) is 0 Å². The molecule has 1 aromatic heterocycles. The van der Waals surface area contributed by atoms with Gasteiger partial charge in [0.2, 0.25) is 0 Å². The Morgan fingerprint density at radius 2 is 1.86 bits per heavy atom. The fourth-order valence-corrected chi connectivity index (χ4v) is 2.16. The predicted molar refractivity (Wildman–Crippen MR) is 81.2 cm³/mol. The smallest absolute Gasteiger partial charge is 0.373 e. The van der Waals surface area contributed by atoms with Gasteiger partial charge in [0, 0.05) is 7.05 Å². The summed E-state index contributed by atoms with van der Waals surface area (Å²) in [4.78, 5) is 4.05. The van der Waals surface area contributed by atoms with Crippen LogP contribution in [0.3, 0.4) is 0 Å². The average molecular weight is 381 g/mol. The molecule has 0 aliphatic carbocycles. The zero-order valence-corrected chi connectivity index (χ0v) is 13.1. The highest BCUT2D eigenvalue weighted by atomic mass is 79.9. The summed E-state index contributed by atoms with van der Waals surface area (Å²) in [5.41, 5.74) is -0.265. The minimum Gasteiger partial charge on any atom is -0.373 e. The molecule has 1 heterocycles. The lowest BCUT2D eigenvalue weighted by atomic mass is 10.2. The number of hydrogen-bond donors (Lipinski definition) is 2. The van der Waals surface area contributed by atoms with E-state index in [4.69, 9.17) is 11.6 Å². The molecule has 21 heavy (non-hydrogen) atoms. The summed E-state index contributed by atoms with van der Waals surface area (Å²) in [7, 11) is 1.50. The second kappa shape index (κ2) is 6.11. The van der Waals surface area contributed by atoms with E-state index in [1.54, 1.807) is 18.2 Å². The molecule has 1 aromatic carbocycles. The molecule has 0 aliphatic rings. The van der Waals surface area contributed by atoms with Crippen molar-refractivity contribution in [2.45, 2.75) is 6.18 Å². The van der Waals surface area contributed by atoms with Crippen molar-refractivity contribution in [3.63, 3.8) is 0 Å². The van der Waals surface area contributed by atoms with Crippen LogP contribution in [0.15, 0.2) is 34.8 Å². The lowest BCUT2D eigenvalue weighted by Crippen LogP contribution is -2.08. The lowest BCUT2D eigenvalue weighted by molar-refractivity contribution is -0.137. The molecular formula is C13H10BrClF3N3. The Bertz CT molecular complexity index is 662. The van der Waals surface area contributed by atoms with Gasteiger partial charge in [-0.25, -0.2) is 4.98 Å². The van der Waals surface area contributed by atoms with E-state index < -0.39 is 11.7 Å². The number of alkyl halides is 3. The van der Waals surface area contributed by atoms with Crippen LogP contribution < -0.4 is 10.6 Å². The first kappa shape index (κ1) is 15.9. The molecule has 0 unspecified atom stereocenters. The van der Waals surface area contributed by atoms with Crippen LogP contribution in [0.1, 0.15) is 5.56 Å². The van der Waals surface area contributed by atoms with Gasteiger partial charge in [0.1, 0.15) is 11.6 Å². The minimum atomic E-state index is -4.45. The summed E-state index contributed by atoms with van der Waals surface area (Å²) in [6, 6.07) is 6.90. The van der Waals surface area contributed by atoms with Crippen molar-refractivity contribution in [3.8, 4) is 0 Å². The first-order valence-corrected chi connectivity index (χ1v) is 6.96. The van der Waals surface area contributed by atoms with Gasteiger partial charge in [-0.2, -0.15) is 13.2 Å². The maximum absolute atomic E-state index is 12.9. The van der Waals surface area contributed by atoms with Gasteiger partial charge >= 0.3 is 6.18 Å². The Morgan fingerprint density at radius 1 is 1.19 bits per heavy atom. The molecule has 0 amide bonds. The van der Waals surface area contributed by atoms with Gasteiger partial charge in [0.05, 0.1) is 20.7 Å². The molecule has 8 heteroatoms. The van der Waals surface area contributed by atoms with E-state index in [1.165, 1.54) is 7.05 Å². The Hall–Kier alpha value is -1.47. The van der Waals surface area contributed by atoms with Crippen LogP contribution >= 0.6 is 27.5 Å². The maximum atomic E-state index is 12.9. The second-order valence-electron chi connectivity index (χ2n) is 4.10. The Labute approximate surface area is 132 Å². The van der Waals surface area contributed by atoms with E-state index in [0.29, 0.717) is 15.2 Å². The van der Waals surface area contributed by atoms with Crippen LogP contribution in [0.25, 0.3) is 0 Å². The summed E-state index contributed by atoms with van der Waals surface area (Å²) in [6.45, 7) is 0. The van der Waals surface area contributed by atoms with Crippen molar-refractivity contribution in [2.24, 2.45) is 0 Å². The second-order valence-corrected chi connectivity index (χ2v) is 5.30. The number of halogens is 5. The molecule has 0 spiro atoms. The van der Waals surface area contributed by atoms with E-state index in [-0.39, 0.29) is 11.6 Å². The molecule has 0 fully saturated rings. The van der Waals surface area contributed by atoms with E-state index in [9.17, 15) is 13.2 Å². The number of aromatic nitrogens is 1. The molecular weight excluding hydrogens is 371 g/mol. The highest BCUT2D eigenvalue weighted by Crippen LogP contribution is 2.35. The van der Waals surface area contributed by atoms with E-state index in [2.05, 4.69) is 31.5 Å². The molecule has 0 saturated carbocycles. The van der Waals surface area contributed by atoms with Crippen molar-refractivity contribution < 1.29 is 13.2 Å². The fourth-order valence-electron chi connectivity index (χ4n) is 1.62. The molecule has 2 N–H and O–H groups in total. The zero-order valence-electron chi connectivity index (χ0n) is 10.7. The van der Waals surface area contributed by atoms with Gasteiger partial charge in [0.15, 0.2) is 0 Å². The zero-order chi connectivity index (χ0) is 15.6. The third-order valence-corrected chi connectivity index (χ3v) is 4.02. The lowest BCUT2D eigenvalue weighted by Gasteiger charge is -2.13. The molecule has 0 aliphatic heterocycles. The third-order valence-electron chi connectivity index (χ3n) is 2.62. The SMILES string of the molecule is CNc1cc(C(F)(F)F)cc(Nc2cccc(Cl)c2Br)n1. The Balaban J connectivity index is 2.42. The number of nitrogens with one attached hydrogen (secondary N) is 2. The highest BCUT2D eigenvalue weighted by Gasteiger charge is 2.31. The summed E-state index contributed by atoms with van der Waals surface area (Å²) in [5, 5.41) is 5.87. The Kier molecular flexibility index (Phi) is 4.63. The van der Waals surface area contributed by atoms with Gasteiger partial charge < -0.3 is 10.6 Å². The molecule has 0 atom stereocenters. The van der Waals surface area contributed by atoms with E-state index in [0.717, 1.165) is 12.1 Å². The topological polar surface area (TPSA) is 37.0 Å². The van der Waals surface area contributed by atoms with Crippen LogP contribution in [-0.2, 0) is 6.18 Å². The van der Waals surface area contributed by atoms with Gasteiger partial charge in [-0.05, 0) is 40.2 Å². The maximum Gasteiger partial charge on any atom is 0.416 e. The molecule has 3 nitrogen and oxygen atoms in total. The normalized spacial score (nSPS) is 11.3. The number of benzene rings is 1. The van der Waals surface area contributed by atoms with Gasteiger partial charge in [-0.15, -0.1) is 0 Å². The molecule has 2 rings (SSSR count). The molecule has 0 radical (unpaired) electrons. The molecule has 0 saturated heterocycles. The van der Waals surface area contributed by atoms with E-state index >= 15 is 0 Å². The minimum absolute atomic E-state index is 0.0668. The summed E-state index contributed by atoms with van der Waals surface area (Å²) >= 11 is 9.21. The van der Waals surface area contributed by atoms with Crippen LogP contribution in [-0.4, -0.2) is 12.0 Å². The van der Waals surface area contributed by atoms with Crippen LogP contribution in [0.2, 0.25) is 5.02 Å². The first-order valence-electron chi connectivity index (χ1n) is 5.79. The predicted octanol–water partition coefficient (Wildman–Crippen LogP) is 5.30. The molecule has 2 aromatic rings. The summed E-state index contributed by atoms with van der Waals surface area (Å²) < 4.78 is 39.1. The third kappa shape index (κ3) is 3.79. The monoisotopic (exact) mass is 379 g/mol. The fraction of sp³-hybridized carbons (Fsp3) is 0.154. The molecule has 0 bridgehead atoms. The van der Waals surface area contributed by atoms with Crippen LogP contribution in [0.4, 0.5) is 30.5 Å². The number of pyridine rings is 1. The number of nitrogens with zero attached hydrogens (tertiary/aromatic N) is 1. The van der Waals surface area contributed by atoms with Crippen molar-refractivity contribution >= 4 is 44.9 Å².